The maximum atomic E-state index is 5.13. The molecule has 1 aromatic rings. The van der Waals surface area contributed by atoms with Crippen molar-refractivity contribution in [3.05, 3.63) is 17.6 Å². The minimum atomic E-state index is 0.495. The van der Waals surface area contributed by atoms with E-state index in [1.165, 1.54) is 24.1 Å². The van der Waals surface area contributed by atoms with E-state index in [4.69, 9.17) is 4.74 Å². The Morgan fingerprint density at radius 2 is 2.18 bits per heavy atom. The van der Waals surface area contributed by atoms with Crippen molar-refractivity contribution in [1.82, 2.24) is 9.97 Å². The SMILES string of the molecule is COCC(C)CNc1ncnc2c1CCCC2. The van der Waals surface area contributed by atoms with Crippen molar-refractivity contribution in [2.75, 3.05) is 25.6 Å². The minimum absolute atomic E-state index is 0.495. The normalized spacial score (nSPS) is 16.4. The third kappa shape index (κ3) is 3.16. The van der Waals surface area contributed by atoms with Crippen molar-refractivity contribution in [1.29, 1.82) is 0 Å². The Labute approximate surface area is 103 Å². The van der Waals surface area contributed by atoms with E-state index in [2.05, 4.69) is 22.2 Å². The number of ether oxygens (including phenoxy) is 1. The van der Waals surface area contributed by atoms with E-state index in [0.29, 0.717) is 5.92 Å². The summed E-state index contributed by atoms with van der Waals surface area (Å²) in [5.41, 5.74) is 2.55. The van der Waals surface area contributed by atoms with Gasteiger partial charge in [0.1, 0.15) is 12.1 Å². The van der Waals surface area contributed by atoms with Crippen LogP contribution in [0.3, 0.4) is 0 Å². The molecular weight excluding hydrogens is 214 g/mol. The summed E-state index contributed by atoms with van der Waals surface area (Å²) in [7, 11) is 1.74. The molecule has 0 aliphatic heterocycles. The Hall–Kier alpha value is -1.16. The summed E-state index contributed by atoms with van der Waals surface area (Å²) in [6.07, 6.45) is 6.39. The molecule has 0 spiro atoms. The van der Waals surface area contributed by atoms with Crippen LogP contribution in [0.15, 0.2) is 6.33 Å². The van der Waals surface area contributed by atoms with E-state index in [0.717, 1.165) is 31.8 Å². The Bertz CT molecular complexity index is 368. The maximum Gasteiger partial charge on any atom is 0.132 e. The number of hydrogen-bond acceptors (Lipinski definition) is 4. The fourth-order valence-electron chi connectivity index (χ4n) is 2.29. The van der Waals surface area contributed by atoms with E-state index < -0.39 is 0 Å². The van der Waals surface area contributed by atoms with Gasteiger partial charge in [-0.05, 0) is 31.6 Å². The van der Waals surface area contributed by atoms with E-state index in [9.17, 15) is 0 Å². The summed E-state index contributed by atoms with van der Waals surface area (Å²) in [5, 5.41) is 3.43. The zero-order valence-corrected chi connectivity index (χ0v) is 10.7. The number of fused-ring (bicyclic) bond motifs is 1. The first-order valence-corrected chi connectivity index (χ1v) is 6.37. The molecule has 1 unspecified atom stereocenters. The van der Waals surface area contributed by atoms with E-state index in [1.54, 1.807) is 13.4 Å². The lowest BCUT2D eigenvalue weighted by atomic mass is 9.96. The van der Waals surface area contributed by atoms with Gasteiger partial charge in [-0.3, -0.25) is 0 Å². The van der Waals surface area contributed by atoms with Crippen molar-refractivity contribution in [2.24, 2.45) is 5.92 Å². The molecule has 1 N–H and O–H groups in total. The lowest BCUT2D eigenvalue weighted by Gasteiger charge is -2.19. The maximum absolute atomic E-state index is 5.13. The van der Waals surface area contributed by atoms with Crippen molar-refractivity contribution in [3.8, 4) is 0 Å². The second kappa shape index (κ2) is 5.96. The monoisotopic (exact) mass is 235 g/mol. The minimum Gasteiger partial charge on any atom is -0.384 e. The highest BCUT2D eigenvalue weighted by Crippen LogP contribution is 2.24. The largest absolute Gasteiger partial charge is 0.384 e. The third-order valence-corrected chi connectivity index (χ3v) is 3.19. The molecule has 0 saturated heterocycles. The van der Waals surface area contributed by atoms with E-state index >= 15 is 0 Å². The van der Waals surface area contributed by atoms with Crippen LogP contribution in [0.1, 0.15) is 31.0 Å². The fourth-order valence-corrected chi connectivity index (χ4v) is 2.29. The van der Waals surface area contributed by atoms with Gasteiger partial charge < -0.3 is 10.1 Å². The first-order valence-electron chi connectivity index (χ1n) is 6.37. The molecule has 94 valence electrons. The van der Waals surface area contributed by atoms with Crippen LogP contribution in [-0.2, 0) is 17.6 Å². The van der Waals surface area contributed by atoms with Gasteiger partial charge in [-0.25, -0.2) is 9.97 Å². The molecule has 0 saturated carbocycles. The fraction of sp³-hybridized carbons (Fsp3) is 0.692. The third-order valence-electron chi connectivity index (χ3n) is 3.19. The number of aryl methyl sites for hydroxylation is 1. The molecule has 0 fully saturated rings. The molecule has 2 rings (SSSR count). The van der Waals surface area contributed by atoms with Gasteiger partial charge in [0.15, 0.2) is 0 Å². The second-order valence-electron chi connectivity index (χ2n) is 4.80. The standard InChI is InChI=1S/C13H21N3O/c1-10(8-17-2)7-14-13-11-5-3-4-6-12(11)15-9-16-13/h9-10H,3-8H2,1-2H3,(H,14,15,16). The van der Waals surface area contributed by atoms with Gasteiger partial charge in [0.2, 0.25) is 0 Å². The van der Waals surface area contributed by atoms with Crippen LogP contribution in [0.5, 0.6) is 0 Å². The van der Waals surface area contributed by atoms with Gasteiger partial charge >= 0.3 is 0 Å². The number of nitrogens with one attached hydrogen (secondary N) is 1. The summed E-state index contributed by atoms with van der Waals surface area (Å²) in [5.74, 6) is 1.52. The zero-order valence-electron chi connectivity index (χ0n) is 10.7. The number of rotatable bonds is 5. The van der Waals surface area contributed by atoms with Gasteiger partial charge in [-0.2, -0.15) is 0 Å². The Morgan fingerprint density at radius 3 is 3.00 bits per heavy atom. The van der Waals surface area contributed by atoms with Crippen LogP contribution in [0.4, 0.5) is 5.82 Å². The quantitative estimate of drug-likeness (QED) is 0.848. The van der Waals surface area contributed by atoms with Crippen molar-refractivity contribution in [2.45, 2.75) is 32.6 Å². The average molecular weight is 235 g/mol. The molecule has 0 amide bonds. The predicted octanol–water partition coefficient (Wildman–Crippen LogP) is 2.05. The van der Waals surface area contributed by atoms with Crippen molar-refractivity contribution < 1.29 is 4.74 Å². The molecule has 0 bridgehead atoms. The van der Waals surface area contributed by atoms with Crippen molar-refractivity contribution >= 4 is 5.82 Å². The molecule has 4 nitrogen and oxygen atoms in total. The van der Waals surface area contributed by atoms with Crippen LogP contribution in [0.25, 0.3) is 0 Å². The van der Waals surface area contributed by atoms with Crippen molar-refractivity contribution in [3.63, 3.8) is 0 Å². The highest BCUT2D eigenvalue weighted by Gasteiger charge is 2.15. The van der Waals surface area contributed by atoms with Gasteiger partial charge in [-0.15, -0.1) is 0 Å². The molecule has 4 heteroatoms. The number of aromatic nitrogens is 2. The van der Waals surface area contributed by atoms with E-state index in [1.807, 2.05) is 0 Å². The predicted molar refractivity (Wildman–Crippen MR) is 68.2 cm³/mol. The molecule has 1 atom stereocenters. The lowest BCUT2D eigenvalue weighted by molar-refractivity contribution is 0.164. The molecule has 17 heavy (non-hydrogen) atoms. The lowest BCUT2D eigenvalue weighted by Crippen LogP contribution is -2.19. The number of methoxy groups -OCH3 is 1. The summed E-state index contributed by atoms with van der Waals surface area (Å²) in [6.45, 7) is 3.85. The van der Waals surface area contributed by atoms with Crippen LogP contribution in [0.2, 0.25) is 0 Å². The number of anilines is 1. The first kappa shape index (κ1) is 12.3. The summed E-state index contributed by atoms with van der Waals surface area (Å²) >= 11 is 0. The molecular formula is C13H21N3O. The first-order chi connectivity index (χ1) is 8.31. The summed E-state index contributed by atoms with van der Waals surface area (Å²) in [6, 6.07) is 0. The molecule has 0 radical (unpaired) electrons. The average Bonchev–Trinajstić information content (AvgIpc) is 2.36. The number of hydrogen-bond donors (Lipinski definition) is 1. The molecule has 1 aromatic heterocycles. The van der Waals surface area contributed by atoms with Gasteiger partial charge in [0.05, 0.1) is 6.61 Å². The number of nitrogens with zero attached hydrogens (tertiary/aromatic N) is 2. The molecule has 1 aliphatic carbocycles. The van der Waals surface area contributed by atoms with Crippen LogP contribution in [-0.4, -0.2) is 30.2 Å². The van der Waals surface area contributed by atoms with Gasteiger partial charge in [0.25, 0.3) is 0 Å². The highest BCUT2D eigenvalue weighted by atomic mass is 16.5. The van der Waals surface area contributed by atoms with E-state index in [-0.39, 0.29) is 0 Å². The van der Waals surface area contributed by atoms with Gasteiger partial charge in [0, 0.05) is 24.9 Å². The molecule has 1 heterocycles. The van der Waals surface area contributed by atoms with Crippen LogP contribution >= 0.6 is 0 Å². The van der Waals surface area contributed by atoms with Crippen LogP contribution < -0.4 is 5.32 Å². The van der Waals surface area contributed by atoms with Gasteiger partial charge in [-0.1, -0.05) is 6.92 Å². The topological polar surface area (TPSA) is 47.0 Å². The smallest absolute Gasteiger partial charge is 0.132 e. The molecule has 1 aliphatic rings. The second-order valence-corrected chi connectivity index (χ2v) is 4.80. The molecule has 0 aromatic carbocycles. The van der Waals surface area contributed by atoms with Crippen LogP contribution in [0, 0.1) is 5.92 Å². The Kier molecular flexibility index (Phi) is 4.31. The zero-order chi connectivity index (χ0) is 12.1. The Morgan fingerprint density at radius 1 is 1.35 bits per heavy atom. The summed E-state index contributed by atoms with van der Waals surface area (Å²) < 4.78 is 5.13. The highest BCUT2D eigenvalue weighted by molar-refractivity contribution is 5.46. The Balaban J connectivity index is 2.01. The summed E-state index contributed by atoms with van der Waals surface area (Å²) in [4.78, 5) is 8.73.